The number of methoxy groups -OCH3 is 1. The lowest BCUT2D eigenvalue weighted by Crippen LogP contribution is -2.06. The second kappa shape index (κ2) is 9.15. The quantitative estimate of drug-likeness (QED) is 0.552. The van der Waals surface area contributed by atoms with Crippen molar-refractivity contribution >= 4 is 11.7 Å². The molecule has 5 heteroatoms. The highest BCUT2D eigenvalue weighted by Crippen LogP contribution is 2.32. The minimum atomic E-state index is -0.931. The van der Waals surface area contributed by atoms with Crippen molar-refractivity contribution in [2.45, 2.75) is 27.0 Å². The average Bonchev–Trinajstić information content (AvgIpc) is 2.71. The van der Waals surface area contributed by atoms with Crippen molar-refractivity contribution in [2.75, 3.05) is 12.4 Å². The molecule has 0 aliphatic heterocycles. The fraction of sp³-hybridized carbons (Fsp3) is 0.208. The van der Waals surface area contributed by atoms with Gasteiger partial charge in [-0.2, -0.15) is 0 Å². The number of rotatable bonds is 8. The van der Waals surface area contributed by atoms with Crippen molar-refractivity contribution in [1.82, 2.24) is 0 Å². The van der Waals surface area contributed by atoms with Crippen LogP contribution in [0.15, 0.2) is 60.7 Å². The topological polar surface area (TPSA) is 67.8 Å². The molecule has 0 aliphatic carbocycles. The van der Waals surface area contributed by atoms with E-state index < -0.39 is 5.97 Å². The predicted octanol–water partition coefficient (Wildman–Crippen LogP) is 5.20. The van der Waals surface area contributed by atoms with Gasteiger partial charge in [0.05, 0.1) is 12.7 Å². The van der Waals surface area contributed by atoms with Crippen LogP contribution in [0.4, 0.5) is 5.69 Å². The maximum absolute atomic E-state index is 11.1. The van der Waals surface area contributed by atoms with E-state index in [-0.39, 0.29) is 5.56 Å². The Morgan fingerprint density at radius 2 is 1.83 bits per heavy atom. The van der Waals surface area contributed by atoms with Crippen LogP contribution in [0.25, 0.3) is 0 Å². The number of nitrogens with one attached hydrogen (secondary N) is 1. The Kier molecular flexibility index (Phi) is 6.39. The van der Waals surface area contributed by atoms with Crippen LogP contribution in [0.5, 0.6) is 11.5 Å². The summed E-state index contributed by atoms with van der Waals surface area (Å²) >= 11 is 0. The number of aryl methyl sites for hydroxylation is 2. The third kappa shape index (κ3) is 5.08. The summed E-state index contributed by atoms with van der Waals surface area (Å²) in [6, 6.07) is 19.0. The standard InChI is InChI=1S/C24H25NO4/c1-16-6-4-7-18(12-16)15-29-23-20(8-5-9-22(23)28-3)14-25-21-11-10-19(24(26)27)13-17(21)2/h4-13,25H,14-15H2,1-3H3,(H,26,27). The van der Waals surface area contributed by atoms with E-state index in [0.717, 1.165) is 22.4 Å². The van der Waals surface area contributed by atoms with Gasteiger partial charge in [0.15, 0.2) is 11.5 Å². The number of para-hydroxylation sites is 1. The molecule has 0 aromatic heterocycles. The summed E-state index contributed by atoms with van der Waals surface area (Å²) in [6.07, 6.45) is 0. The molecule has 0 unspecified atom stereocenters. The van der Waals surface area contributed by atoms with E-state index in [1.807, 2.05) is 37.3 Å². The van der Waals surface area contributed by atoms with Crippen LogP contribution in [-0.4, -0.2) is 18.2 Å². The van der Waals surface area contributed by atoms with Crippen molar-refractivity contribution in [2.24, 2.45) is 0 Å². The second-order valence-electron chi connectivity index (χ2n) is 6.91. The number of benzene rings is 3. The lowest BCUT2D eigenvalue weighted by atomic mass is 10.1. The Morgan fingerprint density at radius 3 is 2.52 bits per heavy atom. The number of carboxylic acids is 1. The van der Waals surface area contributed by atoms with Gasteiger partial charge >= 0.3 is 5.97 Å². The highest BCUT2D eigenvalue weighted by molar-refractivity contribution is 5.88. The third-order valence-corrected chi connectivity index (χ3v) is 4.69. The maximum Gasteiger partial charge on any atom is 0.335 e. The van der Waals surface area contributed by atoms with Crippen molar-refractivity contribution < 1.29 is 19.4 Å². The molecule has 3 rings (SSSR count). The van der Waals surface area contributed by atoms with Gasteiger partial charge in [0.25, 0.3) is 0 Å². The van der Waals surface area contributed by atoms with Crippen molar-refractivity contribution in [3.63, 3.8) is 0 Å². The highest BCUT2D eigenvalue weighted by Gasteiger charge is 2.12. The van der Waals surface area contributed by atoms with Crippen LogP contribution in [-0.2, 0) is 13.2 Å². The molecule has 0 spiro atoms. The van der Waals surface area contributed by atoms with Crippen LogP contribution in [0, 0.1) is 13.8 Å². The number of carboxylic acid groups (broad SMARTS) is 1. The molecule has 0 saturated carbocycles. The lowest BCUT2D eigenvalue weighted by Gasteiger charge is -2.17. The zero-order valence-corrected chi connectivity index (χ0v) is 16.9. The lowest BCUT2D eigenvalue weighted by molar-refractivity contribution is 0.0697. The maximum atomic E-state index is 11.1. The van der Waals surface area contributed by atoms with Crippen molar-refractivity contribution in [1.29, 1.82) is 0 Å². The zero-order valence-electron chi connectivity index (χ0n) is 16.9. The number of aromatic carboxylic acids is 1. The Balaban J connectivity index is 1.78. The number of anilines is 1. The van der Waals surface area contributed by atoms with Crippen LogP contribution in [0.3, 0.4) is 0 Å². The van der Waals surface area contributed by atoms with Gasteiger partial charge in [-0.05, 0) is 49.2 Å². The van der Waals surface area contributed by atoms with Gasteiger partial charge in [0, 0.05) is 17.8 Å². The summed E-state index contributed by atoms with van der Waals surface area (Å²) in [5, 5.41) is 12.5. The highest BCUT2D eigenvalue weighted by atomic mass is 16.5. The number of ether oxygens (including phenoxy) is 2. The summed E-state index contributed by atoms with van der Waals surface area (Å²) in [6.45, 7) is 4.91. The molecule has 0 atom stereocenters. The molecule has 150 valence electrons. The van der Waals surface area contributed by atoms with Gasteiger partial charge in [0.1, 0.15) is 6.61 Å². The fourth-order valence-electron chi connectivity index (χ4n) is 3.17. The molecule has 29 heavy (non-hydrogen) atoms. The zero-order chi connectivity index (χ0) is 20.8. The molecule has 0 aliphatic rings. The normalized spacial score (nSPS) is 10.4. The first-order chi connectivity index (χ1) is 14.0. The molecule has 0 heterocycles. The first-order valence-corrected chi connectivity index (χ1v) is 9.40. The molecule has 0 saturated heterocycles. The van der Waals surface area contributed by atoms with E-state index >= 15 is 0 Å². The molecule has 3 aromatic carbocycles. The monoisotopic (exact) mass is 391 g/mol. The van der Waals surface area contributed by atoms with Crippen molar-refractivity contribution in [3.05, 3.63) is 88.5 Å². The first kappa shape index (κ1) is 20.3. The van der Waals surface area contributed by atoms with Gasteiger partial charge < -0.3 is 19.9 Å². The van der Waals surface area contributed by atoms with Crippen LogP contribution < -0.4 is 14.8 Å². The van der Waals surface area contributed by atoms with Crippen LogP contribution in [0.1, 0.15) is 32.6 Å². The summed E-state index contributed by atoms with van der Waals surface area (Å²) < 4.78 is 11.6. The van der Waals surface area contributed by atoms with Gasteiger partial charge in [-0.1, -0.05) is 42.0 Å². The van der Waals surface area contributed by atoms with Crippen molar-refractivity contribution in [3.8, 4) is 11.5 Å². The molecule has 0 radical (unpaired) electrons. The summed E-state index contributed by atoms with van der Waals surface area (Å²) in [7, 11) is 1.63. The average molecular weight is 391 g/mol. The van der Waals surface area contributed by atoms with Crippen LogP contribution >= 0.6 is 0 Å². The molecule has 5 nitrogen and oxygen atoms in total. The molecular formula is C24H25NO4. The van der Waals surface area contributed by atoms with E-state index in [1.165, 1.54) is 5.56 Å². The van der Waals surface area contributed by atoms with E-state index in [4.69, 9.17) is 14.6 Å². The summed E-state index contributed by atoms with van der Waals surface area (Å²) in [4.78, 5) is 11.1. The van der Waals surface area contributed by atoms with Gasteiger partial charge in [-0.25, -0.2) is 4.79 Å². The first-order valence-electron chi connectivity index (χ1n) is 9.40. The van der Waals surface area contributed by atoms with E-state index in [2.05, 4.69) is 24.4 Å². The summed E-state index contributed by atoms with van der Waals surface area (Å²) in [5.41, 5.74) is 5.26. The van der Waals surface area contributed by atoms with Gasteiger partial charge in [-0.15, -0.1) is 0 Å². The molecule has 2 N–H and O–H groups in total. The summed E-state index contributed by atoms with van der Waals surface area (Å²) in [5.74, 6) is 0.443. The molecule has 0 fully saturated rings. The molecule has 0 bridgehead atoms. The Bertz CT molecular complexity index is 1010. The van der Waals surface area contributed by atoms with E-state index in [0.29, 0.717) is 24.7 Å². The van der Waals surface area contributed by atoms with Gasteiger partial charge in [-0.3, -0.25) is 0 Å². The SMILES string of the molecule is COc1cccc(CNc2ccc(C(=O)O)cc2C)c1OCc1cccc(C)c1. The third-order valence-electron chi connectivity index (χ3n) is 4.69. The molecule has 0 amide bonds. The predicted molar refractivity (Wildman–Crippen MR) is 114 cm³/mol. The Morgan fingerprint density at radius 1 is 1.03 bits per heavy atom. The number of hydrogen-bond donors (Lipinski definition) is 2. The number of hydrogen-bond acceptors (Lipinski definition) is 4. The smallest absolute Gasteiger partial charge is 0.335 e. The van der Waals surface area contributed by atoms with E-state index in [9.17, 15) is 4.79 Å². The molecular weight excluding hydrogens is 366 g/mol. The largest absolute Gasteiger partial charge is 0.493 e. The van der Waals surface area contributed by atoms with E-state index in [1.54, 1.807) is 25.3 Å². The number of carbonyl (C=O) groups is 1. The Labute approximate surface area is 170 Å². The minimum absolute atomic E-state index is 0.275. The fourth-order valence-corrected chi connectivity index (χ4v) is 3.17. The molecule has 3 aromatic rings. The minimum Gasteiger partial charge on any atom is -0.493 e. The second-order valence-corrected chi connectivity index (χ2v) is 6.91. The van der Waals surface area contributed by atoms with Gasteiger partial charge in [0.2, 0.25) is 0 Å². The van der Waals surface area contributed by atoms with Crippen LogP contribution in [0.2, 0.25) is 0 Å². The Hall–Kier alpha value is -3.47.